The van der Waals surface area contributed by atoms with Gasteiger partial charge in [-0.05, 0) is 105 Å². The Balaban J connectivity index is 1.65. The maximum absolute atomic E-state index is 12.5. The van der Waals surface area contributed by atoms with Gasteiger partial charge in [0.25, 0.3) is 5.91 Å². The van der Waals surface area contributed by atoms with Crippen LogP contribution in [0.3, 0.4) is 0 Å². The molecule has 0 aliphatic rings. The largest absolute Gasteiger partial charge is 0.493 e. The predicted octanol–water partition coefficient (Wildman–Crippen LogP) is 6.14. The van der Waals surface area contributed by atoms with Crippen LogP contribution in [0.25, 0.3) is 6.08 Å². The van der Waals surface area contributed by atoms with Crippen LogP contribution in [0.1, 0.15) is 23.1 Å². The molecule has 0 aromatic heterocycles. The van der Waals surface area contributed by atoms with E-state index in [2.05, 4.69) is 62.6 Å². The molecule has 3 rings (SSSR count). The van der Waals surface area contributed by atoms with Crippen molar-refractivity contribution in [2.24, 2.45) is 0 Å². The minimum atomic E-state index is -0.386. The van der Waals surface area contributed by atoms with Crippen molar-refractivity contribution in [3.8, 4) is 17.6 Å². The molecule has 0 saturated carbocycles. The Morgan fingerprint density at radius 2 is 1.79 bits per heavy atom. The molecule has 34 heavy (non-hydrogen) atoms. The summed E-state index contributed by atoms with van der Waals surface area (Å²) in [6.07, 6.45) is 3.23. The van der Waals surface area contributed by atoms with Crippen molar-refractivity contribution in [3.63, 3.8) is 0 Å². The quantitative estimate of drug-likeness (QED) is 0.121. The first-order valence-corrected chi connectivity index (χ1v) is 12.8. The lowest BCUT2D eigenvalue weighted by atomic mass is 10.1. The maximum atomic E-state index is 12.5. The van der Waals surface area contributed by atoms with E-state index in [9.17, 15) is 10.1 Å². The van der Waals surface area contributed by atoms with Crippen molar-refractivity contribution in [3.05, 3.63) is 96.1 Å². The minimum Gasteiger partial charge on any atom is -0.493 e. The predicted molar refractivity (Wildman–Crippen MR) is 151 cm³/mol. The van der Waals surface area contributed by atoms with Gasteiger partial charge >= 0.3 is 0 Å². The molecule has 174 valence electrons. The number of ether oxygens (including phenoxy) is 2. The number of nitriles is 1. The van der Waals surface area contributed by atoms with Gasteiger partial charge < -0.3 is 14.8 Å². The molecule has 0 heterocycles. The zero-order valence-corrected chi connectivity index (χ0v) is 23.0. The number of nitrogens with one attached hydrogen (secondary N) is 1. The van der Waals surface area contributed by atoms with Crippen LogP contribution in [0.5, 0.6) is 11.5 Å². The molecular weight excluding hydrogens is 654 g/mol. The molecule has 0 spiro atoms. The van der Waals surface area contributed by atoms with Crippen LogP contribution in [-0.4, -0.2) is 19.6 Å². The van der Waals surface area contributed by atoms with E-state index < -0.39 is 0 Å². The number of amides is 1. The lowest BCUT2D eigenvalue weighted by Crippen LogP contribution is -2.25. The van der Waals surface area contributed by atoms with Gasteiger partial charge in [-0.2, -0.15) is 5.26 Å². The number of halogens is 2. The molecule has 0 bridgehead atoms. The fourth-order valence-corrected chi connectivity index (χ4v) is 4.39. The Hall–Kier alpha value is -2.58. The molecule has 7 heteroatoms. The van der Waals surface area contributed by atoms with E-state index >= 15 is 0 Å². The van der Waals surface area contributed by atoms with Gasteiger partial charge in [0, 0.05) is 10.1 Å². The Bertz CT molecular complexity index is 1190. The summed E-state index contributed by atoms with van der Waals surface area (Å²) in [5.41, 5.74) is 3.01. The van der Waals surface area contributed by atoms with Crippen molar-refractivity contribution in [2.45, 2.75) is 19.4 Å². The zero-order valence-electron chi connectivity index (χ0n) is 18.7. The van der Waals surface area contributed by atoms with Crippen LogP contribution in [0.15, 0.2) is 72.3 Å². The molecule has 0 fully saturated rings. The van der Waals surface area contributed by atoms with E-state index in [4.69, 9.17) is 9.47 Å². The summed E-state index contributed by atoms with van der Waals surface area (Å²) in [5.74, 6) is 0.787. The van der Waals surface area contributed by atoms with Crippen LogP contribution in [0, 0.1) is 18.5 Å². The summed E-state index contributed by atoms with van der Waals surface area (Å²) in [4.78, 5) is 12.5. The van der Waals surface area contributed by atoms with E-state index in [1.165, 1.54) is 5.56 Å². The van der Waals surface area contributed by atoms with E-state index in [-0.39, 0.29) is 11.5 Å². The first kappa shape index (κ1) is 26.0. The highest BCUT2D eigenvalue weighted by molar-refractivity contribution is 14.1. The molecule has 0 aliphatic heterocycles. The third-order valence-corrected chi connectivity index (χ3v) is 6.52. The molecule has 0 saturated heterocycles. The second-order valence-corrected chi connectivity index (χ2v) is 9.87. The third kappa shape index (κ3) is 7.74. The number of hydrogen-bond acceptors (Lipinski definition) is 4. The Morgan fingerprint density at radius 3 is 2.47 bits per heavy atom. The number of nitrogens with zero attached hydrogens (tertiary/aromatic N) is 1. The summed E-state index contributed by atoms with van der Waals surface area (Å²) in [7, 11) is 1.57. The van der Waals surface area contributed by atoms with Crippen molar-refractivity contribution in [1.82, 2.24) is 5.32 Å². The SMILES string of the molecule is COc1cc(/C=C(/C#N)C(=O)NCCCc2ccccc2)cc(I)c1OCc1ccc(I)cc1. The summed E-state index contributed by atoms with van der Waals surface area (Å²) in [6.45, 7) is 0.909. The van der Waals surface area contributed by atoms with Gasteiger partial charge in [0.1, 0.15) is 18.2 Å². The van der Waals surface area contributed by atoms with Gasteiger partial charge in [-0.15, -0.1) is 0 Å². The highest BCUT2D eigenvalue weighted by atomic mass is 127. The first-order chi connectivity index (χ1) is 16.5. The van der Waals surface area contributed by atoms with E-state index in [0.29, 0.717) is 30.2 Å². The molecule has 0 aliphatic carbocycles. The lowest BCUT2D eigenvalue weighted by molar-refractivity contribution is -0.117. The Kier molecular flexibility index (Phi) is 10.2. The fraction of sp³-hybridized carbons (Fsp3) is 0.185. The molecule has 1 N–H and O–H groups in total. The van der Waals surface area contributed by atoms with Gasteiger partial charge in [0.15, 0.2) is 11.5 Å². The molecule has 5 nitrogen and oxygen atoms in total. The minimum absolute atomic E-state index is 0.0464. The topological polar surface area (TPSA) is 71.3 Å². The van der Waals surface area contributed by atoms with Crippen LogP contribution in [0.4, 0.5) is 0 Å². The van der Waals surface area contributed by atoms with Crippen LogP contribution < -0.4 is 14.8 Å². The van der Waals surface area contributed by atoms with Crippen molar-refractivity contribution in [1.29, 1.82) is 5.26 Å². The second kappa shape index (κ2) is 13.3. The standard InChI is InChI=1S/C27H24I2N2O3/c1-33-25-16-21(15-24(29)26(25)34-18-20-9-11-23(28)12-10-20)14-22(17-30)27(32)31-13-5-8-19-6-3-2-4-7-19/h2-4,6-7,9-12,14-16H,5,8,13,18H2,1H3,(H,31,32)/b22-14-. The van der Waals surface area contributed by atoms with E-state index in [0.717, 1.165) is 25.5 Å². The molecular formula is C27H24I2N2O3. The molecule has 3 aromatic carbocycles. The van der Waals surface area contributed by atoms with Gasteiger partial charge in [-0.3, -0.25) is 4.79 Å². The average molecular weight is 678 g/mol. The number of rotatable bonds is 10. The van der Waals surface area contributed by atoms with Crippen LogP contribution in [-0.2, 0) is 17.8 Å². The van der Waals surface area contributed by atoms with Gasteiger partial charge in [0.2, 0.25) is 0 Å². The zero-order chi connectivity index (χ0) is 24.3. The first-order valence-electron chi connectivity index (χ1n) is 10.7. The molecule has 0 unspecified atom stereocenters. The summed E-state index contributed by atoms with van der Waals surface area (Å²) in [6, 6.07) is 23.9. The number of aryl methyl sites for hydroxylation is 1. The second-order valence-electron chi connectivity index (χ2n) is 7.46. The van der Waals surface area contributed by atoms with Crippen molar-refractivity contribution in [2.75, 3.05) is 13.7 Å². The number of carbonyl (C=O) groups is 1. The van der Waals surface area contributed by atoms with E-state index in [1.807, 2.05) is 54.6 Å². The summed E-state index contributed by atoms with van der Waals surface area (Å²) >= 11 is 4.44. The Morgan fingerprint density at radius 1 is 1.06 bits per heavy atom. The number of methoxy groups -OCH3 is 1. The smallest absolute Gasteiger partial charge is 0.261 e. The molecule has 1 amide bonds. The molecule has 0 radical (unpaired) electrons. The van der Waals surface area contributed by atoms with Gasteiger partial charge in [-0.25, -0.2) is 0 Å². The highest BCUT2D eigenvalue weighted by Gasteiger charge is 2.14. The van der Waals surface area contributed by atoms with E-state index in [1.54, 1.807) is 19.3 Å². The van der Waals surface area contributed by atoms with Gasteiger partial charge in [-0.1, -0.05) is 42.5 Å². The third-order valence-electron chi connectivity index (χ3n) is 4.99. The normalized spacial score (nSPS) is 10.9. The number of carbonyl (C=O) groups excluding carboxylic acids is 1. The average Bonchev–Trinajstić information content (AvgIpc) is 2.85. The van der Waals surface area contributed by atoms with Crippen LogP contribution in [0.2, 0.25) is 0 Å². The van der Waals surface area contributed by atoms with Crippen LogP contribution >= 0.6 is 45.2 Å². The number of hydrogen-bond donors (Lipinski definition) is 1. The molecule has 0 atom stereocenters. The summed E-state index contributed by atoms with van der Waals surface area (Å²) < 4.78 is 13.5. The monoisotopic (exact) mass is 678 g/mol. The fourth-order valence-electron chi connectivity index (χ4n) is 3.25. The lowest BCUT2D eigenvalue weighted by Gasteiger charge is -2.14. The highest BCUT2D eigenvalue weighted by Crippen LogP contribution is 2.35. The molecule has 3 aromatic rings. The Labute approximate surface area is 227 Å². The maximum Gasteiger partial charge on any atom is 0.261 e. The summed E-state index contributed by atoms with van der Waals surface area (Å²) in [5, 5.41) is 12.4. The number of benzene rings is 3. The van der Waals surface area contributed by atoms with Crippen molar-refractivity contribution >= 4 is 57.2 Å². The van der Waals surface area contributed by atoms with Gasteiger partial charge in [0.05, 0.1) is 10.7 Å². The van der Waals surface area contributed by atoms with Crippen molar-refractivity contribution < 1.29 is 14.3 Å².